The van der Waals surface area contributed by atoms with Crippen LogP contribution in [0.2, 0.25) is 0 Å². The molecule has 0 N–H and O–H groups in total. The Morgan fingerprint density at radius 2 is 1.59 bits per heavy atom. The van der Waals surface area contributed by atoms with Crippen molar-refractivity contribution in [2.24, 2.45) is 11.8 Å². The van der Waals surface area contributed by atoms with Crippen molar-refractivity contribution >= 4 is 11.6 Å². The maximum Gasteiger partial charge on any atom is 0.0257 e. The Labute approximate surface area is 111 Å². The first-order chi connectivity index (χ1) is 7.84. The minimum absolute atomic E-state index is 0.239. The molecule has 0 radical (unpaired) electrons. The molecule has 0 aliphatic heterocycles. The third-order valence-corrected chi connectivity index (χ3v) is 3.86. The third kappa shape index (κ3) is 4.35. The SMILES string of the molecule is CC(C)C(CCl)Cc1ccc(C(C)(C)C)cc1. The summed E-state index contributed by atoms with van der Waals surface area (Å²) >= 11 is 6.02. The standard InChI is InChI=1S/C16H25Cl/c1-12(2)14(11-17)10-13-6-8-15(9-7-13)16(3,4)5/h6-9,12,14H,10-11H2,1-5H3. The molecule has 0 fully saturated rings. The highest BCUT2D eigenvalue weighted by Crippen LogP contribution is 2.24. The van der Waals surface area contributed by atoms with E-state index in [2.05, 4.69) is 58.9 Å². The second-order valence-electron chi connectivity index (χ2n) is 6.31. The molecule has 0 nitrogen and oxygen atoms in total. The van der Waals surface area contributed by atoms with Gasteiger partial charge in [-0.05, 0) is 34.8 Å². The van der Waals surface area contributed by atoms with E-state index in [9.17, 15) is 0 Å². The van der Waals surface area contributed by atoms with Gasteiger partial charge in [-0.3, -0.25) is 0 Å². The zero-order chi connectivity index (χ0) is 13.1. The Morgan fingerprint density at radius 1 is 1.06 bits per heavy atom. The van der Waals surface area contributed by atoms with Crippen LogP contribution in [0.15, 0.2) is 24.3 Å². The summed E-state index contributed by atoms with van der Waals surface area (Å²) in [7, 11) is 0. The molecule has 1 heteroatoms. The summed E-state index contributed by atoms with van der Waals surface area (Å²) in [6.07, 6.45) is 1.09. The van der Waals surface area contributed by atoms with E-state index in [1.807, 2.05) is 0 Å². The fourth-order valence-electron chi connectivity index (χ4n) is 1.91. The maximum absolute atomic E-state index is 6.02. The highest BCUT2D eigenvalue weighted by molar-refractivity contribution is 6.18. The molecule has 0 aliphatic carbocycles. The van der Waals surface area contributed by atoms with Gasteiger partial charge in [0.2, 0.25) is 0 Å². The second kappa shape index (κ2) is 5.91. The van der Waals surface area contributed by atoms with Gasteiger partial charge in [-0.2, -0.15) is 0 Å². The highest BCUT2D eigenvalue weighted by Gasteiger charge is 2.15. The molecular formula is C16H25Cl. The fraction of sp³-hybridized carbons (Fsp3) is 0.625. The van der Waals surface area contributed by atoms with Crippen LogP contribution in [0.5, 0.6) is 0 Å². The number of rotatable bonds is 4. The molecule has 0 saturated carbocycles. The van der Waals surface area contributed by atoms with Crippen molar-refractivity contribution in [2.75, 3.05) is 5.88 Å². The number of benzene rings is 1. The van der Waals surface area contributed by atoms with Gasteiger partial charge in [0.1, 0.15) is 0 Å². The molecule has 0 saturated heterocycles. The van der Waals surface area contributed by atoms with Crippen molar-refractivity contribution in [3.63, 3.8) is 0 Å². The van der Waals surface area contributed by atoms with Crippen LogP contribution >= 0.6 is 11.6 Å². The Kier molecular flexibility index (Phi) is 5.06. The molecule has 0 spiro atoms. The summed E-state index contributed by atoms with van der Waals surface area (Å²) < 4.78 is 0. The van der Waals surface area contributed by atoms with E-state index < -0.39 is 0 Å². The van der Waals surface area contributed by atoms with Gasteiger partial charge in [0.25, 0.3) is 0 Å². The smallest absolute Gasteiger partial charge is 0.0257 e. The largest absolute Gasteiger partial charge is 0.126 e. The van der Waals surface area contributed by atoms with Gasteiger partial charge in [-0.15, -0.1) is 11.6 Å². The normalized spacial score (nSPS) is 14.1. The molecule has 0 amide bonds. The maximum atomic E-state index is 6.02. The minimum atomic E-state index is 0.239. The van der Waals surface area contributed by atoms with Crippen LogP contribution in [0, 0.1) is 11.8 Å². The van der Waals surface area contributed by atoms with Crippen LogP contribution < -0.4 is 0 Å². The van der Waals surface area contributed by atoms with Crippen LogP contribution in [0.25, 0.3) is 0 Å². The van der Waals surface area contributed by atoms with E-state index in [-0.39, 0.29) is 5.41 Å². The number of hydrogen-bond acceptors (Lipinski definition) is 0. The van der Waals surface area contributed by atoms with Gasteiger partial charge < -0.3 is 0 Å². The van der Waals surface area contributed by atoms with Crippen LogP contribution in [0.3, 0.4) is 0 Å². The molecule has 17 heavy (non-hydrogen) atoms. The molecule has 1 rings (SSSR count). The first-order valence-corrected chi connectivity index (χ1v) is 7.03. The highest BCUT2D eigenvalue weighted by atomic mass is 35.5. The van der Waals surface area contributed by atoms with Crippen molar-refractivity contribution in [2.45, 2.75) is 46.5 Å². The molecule has 96 valence electrons. The first kappa shape index (κ1) is 14.6. The topological polar surface area (TPSA) is 0 Å². The average molecular weight is 253 g/mol. The summed E-state index contributed by atoms with van der Waals surface area (Å²) in [5.74, 6) is 1.98. The second-order valence-corrected chi connectivity index (χ2v) is 6.62. The Balaban J connectivity index is 2.75. The molecule has 0 aromatic heterocycles. The van der Waals surface area contributed by atoms with Crippen molar-refractivity contribution in [3.05, 3.63) is 35.4 Å². The lowest BCUT2D eigenvalue weighted by Crippen LogP contribution is -2.14. The Morgan fingerprint density at radius 3 is 1.94 bits per heavy atom. The van der Waals surface area contributed by atoms with Crippen molar-refractivity contribution in [1.29, 1.82) is 0 Å². The van der Waals surface area contributed by atoms with Gasteiger partial charge in [0.05, 0.1) is 0 Å². The lowest BCUT2D eigenvalue weighted by molar-refractivity contribution is 0.422. The van der Waals surface area contributed by atoms with Crippen LogP contribution in [0.1, 0.15) is 45.7 Å². The van der Waals surface area contributed by atoms with Crippen LogP contribution in [-0.2, 0) is 11.8 Å². The zero-order valence-electron chi connectivity index (χ0n) is 11.8. The van der Waals surface area contributed by atoms with Crippen molar-refractivity contribution in [3.8, 4) is 0 Å². The molecule has 1 aromatic rings. The summed E-state index contributed by atoms with van der Waals surface area (Å²) in [5.41, 5.74) is 3.04. The van der Waals surface area contributed by atoms with Gasteiger partial charge in [0, 0.05) is 5.88 Å². The van der Waals surface area contributed by atoms with Crippen molar-refractivity contribution in [1.82, 2.24) is 0 Å². The average Bonchev–Trinajstić information content (AvgIpc) is 2.25. The summed E-state index contributed by atoms with van der Waals surface area (Å²) in [5, 5.41) is 0. The van der Waals surface area contributed by atoms with Crippen molar-refractivity contribution < 1.29 is 0 Å². The molecule has 1 atom stereocenters. The van der Waals surface area contributed by atoms with Gasteiger partial charge >= 0.3 is 0 Å². The lowest BCUT2D eigenvalue weighted by atomic mass is 9.85. The quantitative estimate of drug-likeness (QED) is 0.659. The van der Waals surface area contributed by atoms with E-state index in [1.54, 1.807) is 0 Å². The molecule has 0 aliphatic rings. The summed E-state index contributed by atoms with van der Waals surface area (Å²) in [6.45, 7) is 11.2. The Hall–Kier alpha value is -0.490. The molecular weight excluding hydrogens is 228 g/mol. The van der Waals surface area contributed by atoms with Crippen LogP contribution in [0.4, 0.5) is 0 Å². The lowest BCUT2D eigenvalue weighted by Gasteiger charge is -2.21. The van der Waals surface area contributed by atoms with E-state index in [4.69, 9.17) is 11.6 Å². The van der Waals surface area contributed by atoms with E-state index in [0.29, 0.717) is 11.8 Å². The summed E-state index contributed by atoms with van der Waals surface area (Å²) in [6, 6.07) is 9.01. The number of alkyl halides is 1. The third-order valence-electron chi connectivity index (χ3n) is 3.46. The molecule has 0 bridgehead atoms. The predicted molar refractivity (Wildman–Crippen MR) is 77.9 cm³/mol. The van der Waals surface area contributed by atoms with Crippen LogP contribution in [-0.4, -0.2) is 5.88 Å². The molecule has 1 unspecified atom stereocenters. The minimum Gasteiger partial charge on any atom is -0.126 e. The van der Waals surface area contributed by atoms with Gasteiger partial charge in [-0.1, -0.05) is 58.9 Å². The monoisotopic (exact) mass is 252 g/mol. The predicted octanol–water partition coefficient (Wildman–Crippen LogP) is 5.04. The van der Waals surface area contributed by atoms with E-state index in [1.165, 1.54) is 11.1 Å². The first-order valence-electron chi connectivity index (χ1n) is 6.50. The van der Waals surface area contributed by atoms with E-state index >= 15 is 0 Å². The van der Waals surface area contributed by atoms with Gasteiger partial charge in [0.15, 0.2) is 0 Å². The molecule has 1 aromatic carbocycles. The number of hydrogen-bond donors (Lipinski definition) is 0. The number of halogens is 1. The Bertz CT molecular complexity index is 330. The van der Waals surface area contributed by atoms with Gasteiger partial charge in [-0.25, -0.2) is 0 Å². The summed E-state index contributed by atoms with van der Waals surface area (Å²) in [4.78, 5) is 0. The zero-order valence-corrected chi connectivity index (χ0v) is 12.5. The van der Waals surface area contributed by atoms with E-state index in [0.717, 1.165) is 12.3 Å². The fourth-order valence-corrected chi connectivity index (χ4v) is 2.38. The molecule has 0 heterocycles.